The Bertz CT molecular complexity index is 658. The highest BCUT2D eigenvalue weighted by Gasteiger charge is 2.27. The molecule has 3 rings (SSSR count). The molecule has 2 N–H and O–H groups in total. The molecular weight excluding hydrogens is 340 g/mol. The Balaban J connectivity index is 1.46. The summed E-state index contributed by atoms with van der Waals surface area (Å²) >= 11 is 0. The van der Waals surface area contributed by atoms with Gasteiger partial charge in [0.1, 0.15) is 6.04 Å². The molecule has 6 heteroatoms. The van der Waals surface area contributed by atoms with Crippen molar-refractivity contribution in [3.8, 4) is 0 Å². The number of nitrogens with zero attached hydrogens (tertiary/aromatic N) is 2. The fourth-order valence-electron chi connectivity index (χ4n) is 3.63. The minimum absolute atomic E-state index is 0.0630. The van der Waals surface area contributed by atoms with E-state index in [1.54, 1.807) is 0 Å². The second-order valence-electron chi connectivity index (χ2n) is 8.65. The normalized spacial score (nSPS) is 21.7. The zero-order valence-corrected chi connectivity index (χ0v) is 16.8. The molecular formula is C21H32N4O2. The third kappa shape index (κ3) is 5.22. The van der Waals surface area contributed by atoms with Crippen LogP contribution in [0.3, 0.4) is 0 Å². The molecule has 0 saturated carbocycles. The number of rotatable bonds is 3. The molecule has 0 bridgehead atoms. The van der Waals surface area contributed by atoms with Gasteiger partial charge in [0.05, 0.1) is 0 Å². The SMILES string of the molecule is CC(C)(C)c1ccc(CN2CCN(C(=O)NC3CCCNC3=O)CC2)cc1. The van der Waals surface area contributed by atoms with Gasteiger partial charge in [-0.3, -0.25) is 9.69 Å². The maximum absolute atomic E-state index is 12.4. The van der Waals surface area contributed by atoms with Crippen LogP contribution in [-0.2, 0) is 16.8 Å². The summed E-state index contributed by atoms with van der Waals surface area (Å²) in [6, 6.07) is 8.35. The van der Waals surface area contributed by atoms with Crippen LogP contribution < -0.4 is 10.6 Å². The summed E-state index contributed by atoms with van der Waals surface area (Å²) in [4.78, 5) is 28.4. The lowest BCUT2D eigenvalue weighted by Gasteiger charge is -2.35. The highest BCUT2D eigenvalue weighted by molar-refractivity contribution is 5.87. The molecule has 3 amide bonds. The Morgan fingerprint density at radius 2 is 1.81 bits per heavy atom. The standard InChI is InChI=1S/C21H32N4O2/c1-21(2,3)17-8-6-16(7-9-17)15-24-11-13-25(14-12-24)20(27)23-18-5-4-10-22-19(18)26/h6-9,18H,4-5,10-15H2,1-3H3,(H,22,26)(H,23,27). The van der Waals surface area contributed by atoms with E-state index in [1.165, 1.54) is 11.1 Å². The summed E-state index contributed by atoms with van der Waals surface area (Å²) < 4.78 is 0. The topological polar surface area (TPSA) is 64.7 Å². The van der Waals surface area contributed by atoms with Crippen LogP contribution in [0.15, 0.2) is 24.3 Å². The second kappa shape index (κ2) is 8.30. The maximum Gasteiger partial charge on any atom is 0.318 e. The van der Waals surface area contributed by atoms with Crippen molar-refractivity contribution in [2.24, 2.45) is 0 Å². The van der Waals surface area contributed by atoms with Gasteiger partial charge in [-0.2, -0.15) is 0 Å². The van der Waals surface area contributed by atoms with Gasteiger partial charge >= 0.3 is 6.03 Å². The third-order valence-corrected chi connectivity index (χ3v) is 5.47. The van der Waals surface area contributed by atoms with Crippen LogP contribution in [0.1, 0.15) is 44.7 Å². The van der Waals surface area contributed by atoms with E-state index in [9.17, 15) is 9.59 Å². The molecule has 0 aliphatic carbocycles. The Morgan fingerprint density at radius 3 is 2.41 bits per heavy atom. The first-order valence-electron chi connectivity index (χ1n) is 9.98. The van der Waals surface area contributed by atoms with Gasteiger partial charge in [0.25, 0.3) is 0 Å². The van der Waals surface area contributed by atoms with Crippen LogP contribution >= 0.6 is 0 Å². The predicted molar refractivity (Wildman–Crippen MR) is 107 cm³/mol. The summed E-state index contributed by atoms with van der Waals surface area (Å²) in [6.45, 7) is 11.4. The summed E-state index contributed by atoms with van der Waals surface area (Å²) in [7, 11) is 0. The number of benzene rings is 1. The van der Waals surface area contributed by atoms with Gasteiger partial charge in [-0.25, -0.2) is 4.79 Å². The van der Waals surface area contributed by atoms with Crippen LogP contribution in [-0.4, -0.2) is 60.5 Å². The molecule has 2 aliphatic rings. The first kappa shape index (κ1) is 19.7. The summed E-state index contributed by atoms with van der Waals surface area (Å²) in [5, 5.41) is 5.69. The van der Waals surface area contributed by atoms with Crippen molar-refractivity contribution in [3.63, 3.8) is 0 Å². The maximum atomic E-state index is 12.4. The molecule has 2 aliphatic heterocycles. The molecule has 0 aromatic heterocycles. The molecule has 148 valence electrons. The molecule has 2 saturated heterocycles. The summed E-state index contributed by atoms with van der Waals surface area (Å²) in [5.41, 5.74) is 2.83. The van der Waals surface area contributed by atoms with Crippen LogP contribution in [0, 0.1) is 0 Å². The molecule has 1 unspecified atom stereocenters. The number of hydrogen-bond acceptors (Lipinski definition) is 3. The molecule has 2 fully saturated rings. The zero-order valence-electron chi connectivity index (χ0n) is 16.8. The van der Waals surface area contributed by atoms with Crippen LogP contribution in [0.2, 0.25) is 0 Å². The molecule has 1 aromatic rings. The fourth-order valence-corrected chi connectivity index (χ4v) is 3.63. The summed E-state index contributed by atoms with van der Waals surface area (Å²) in [5.74, 6) is -0.0630. The molecule has 0 radical (unpaired) electrons. The van der Waals surface area contributed by atoms with Gasteiger partial charge in [-0.05, 0) is 29.4 Å². The summed E-state index contributed by atoms with van der Waals surface area (Å²) in [6.07, 6.45) is 1.64. The van der Waals surface area contributed by atoms with Crippen molar-refractivity contribution in [2.45, 2.75) is 51.6 Å². The first-order valence-corrected chi connectivity index (χ1v) is 9.98. The van der Waals surface area contributed by atoms with Crippen LogP contribution in [0.5, 0.6) is 0 Å². The van der Waals surface area contributed by atoms with Gasteiger partial charge in [-0.15, -0.1) is 0 Å². The molecule has 1 atom stereocenters. The molecule has 0 spiro atoms. The van der Waals surface area contributed by atoms with Crippen LogP contribution in [0.25, 0.3) is 0 Å². The van der Waals surface area contributed by atoms with Crippen molar-refractivity contribution in [1.29, 1.82) is 0 Å². The van der Waals surface area contributed by atoms with Crippen molar-refractivity contribution in [2.75, 3.05) is 32.7 Å². The number of piperazine rings is 1. The Kier molecular flexibility index (Phi) is 6.05. The second-order valence-corrected chi connectivity index (χ2v) is 8.65. The van der Waals surface area contributed by atoms with E-state index in [0.717, 1.165) is 32.5 Å². The number of amides is 3. The minimum Gasteiger partial charge on any atom is -0.354 e. The van der Waals surface area contributed by atoms with Gasteiger partial charge in [-0.1, -0.05) is 45.0 Å². The average molecular weight is 373 g/mol. The number of piperidine rings is 1. The van der Waals surface area contributed by atoms with E-state index in [1.807, 2.05) is 4.90 Å². The van der Waals surface area contributed by atoms with E-state index >= 15 is 0 Å². The van der Waals surface area contributed by atoms with Crippen molar-refractivity contribution >= 4 is 11.9 Å². The monoisotopic (exact) mass is 372 g/mol. The van der Waals surface area contributed by atoms with Crippen molar-refractivity contribution in [1.82, 2.24) is 20.4 Å². The lowest BCUT2D eigenvalue weighted by atomic mass is 9.87. The van der Waals surface area contributed by atoms with E-state index in [-0.39, 0.29) is 23.4 Å². The fraction of sp³-hybridized carbons (Fsp3) is 0.619. The number of carbonyl (C=O) groups excluding carboxylic acids is 2. The van der Waals surface area contributed by atoms with Gasteiger partial charge in [0.2, 0.25) is 5.91 Å². The molecule has 1 aromatic carbocycles. The van der Waals surface area contributed by atoms with Crippen molar-refractivity contribution in [3.05, 3.63) is 35.4 Å². The molecule has 27 heavy (non-hydrogen) atoms. The number of hydrogen-bond donors (Lipinski definition) is 2. The predicted octanol–water partition coefficient (Wildman–Crippen LogP) is 2.09. The Hall–Kier alpha value is -2.08. The Labute approximate surface area is 162 Å². The van der Waals surface area contributed by atoms with Crippen LogP contribution in [0.4, 0.5) is 4.79 Å². The van der Waals surface area contributed by atoms with E-state index in [0.29, 0.717) is 19.6 Å². The first-order chi connectivity index (χ1) is 12.8. The molecule has 6 nitrogen and oxygen atoms in total. The Morgan fingerprint density at radius 1 is 1.15 bits per heavy atom. The zero-order chi connectivity index (χ0) is 19.4. The van der Waals surface area contributed by atoms with Gasteiger partial charge in [0, 0.05) is 39.3 Å². The smallest absolute Gasteiger partial charge is 0.318 e. The lowest BCUT2D eigenvalue weighted by molar-refractivity contribution is -0.124. The molecule has 2 heterocycles. The number of carbonyl (C=O) groups is 2. The van der Waals surface area contributed by atoms with E-state index < -0.39 is 0 Å². The number of nitrogens with one attached hydrogen (secondary N) is 2. The quantitative estimate of drug-likeness (QED) is 0.854. The average Bonchev–Trinajstić information content (AvgIpc) is 2.64. The lowest BCUT2D eigenvalue weighted by Crippen LogP contribution is -2.57. The van der Waals surface area contributed by atoms with E-state index in [2.05, 4.69) is 60.6 Å². The largest absolute Gasteiger partial charge is 0.354 e. The number of urea groups is 1. The van der Waals surface area contributed by atoms with Gasteiger partial charge in [0.15, 0.2) is 0 Å². The highest BCUT2D eigenvalue weighted by atomic mass is 16.2. The third-order valence-electron chi connectivity index (χ3n) is 5.47. The highest BCUT2D eigenvalue weighted by Crippen LogP contribution is 2.22. The van der Waals surface area contributed by atoms with Crippen molar-refractivity contribution < 1.29 is 9.59 Å². The van der Waals surface area contributed by atoms with Gasteiger partial charge < -0.3 is 15.5 Å². The van der Waals surface area contributed by atoms with E-state index in [4.69, 9.17) is 0 Å². The minimum atomic E-state index is -0.384.